The molecule has 2 aliphatic carbocycles. The molecule has 0 saturated heterocycles. The number of hydrogen-bond acceptors (Lipinski definition) is 2. The number of nitrogens with zero attached hydrogens (tertiary/aromatic N) is 2. The van der Waals surface area contributed by atoms with E-state index in [2.05, 4.69) is 20.9 Å². The van der Waals surface area contributed by atoms with Gasteiger partial charge in [0.2, 0.25) is 0 Å². The van der Waals surface area contributed by atoms with Gasteiger partial charge < -0.3 is 10.3 Å². The van der Waals surface area contributed by atoms with Crippen LogP contribution in [0.25, 0.3) is 6.08 Å². The van der Waals surface area contributed by atoms with Crippen molar-refractivity contribution < 1.29 is 18.0 Å². The van der Waals surface area contributed by atoms with Crippen LogP contribution in [0.4, 0.5) is 13.2 Å². The molecular formula is C15H11BrF3N3O. The number of hydrogen-bond donors (Lipinski definition) is 1. The number of rotatable bonds is 1. The van der Waals surface area contributed by atoms with Gasteiger partial charge in [-0.1, -0.05) is 28.1 Å². The van der Waals surface area contributed by atoms with Crippen molar-refractivity contribution in [1.82, 2.24) is 9.55 Å². The summed E-state index contributed by atoms with van der Waals surface area (Å²) in [5, 5.41) is 0. The summed E-state index contributed by atoms with van der Waals surface area (Å²) in [4.78, 5) is 15.4. The SMILES string of the molecule is NC(=O)c1nc2n(c1C(F)(F)F)C1CC3C=CC(=C1C3)C(Br)=C2. The fourth-order valence-corrected chi connectivity index (χ4v) is 4.29. The molecule has 1 aliphatic heterocycles. The van der Waals surface area contributed by atoms with Crippen LogP contribution in [0.2, 0.25) is 0 Å². The van der Waals surface area contributed by atoms with Crippen LogP contribution in [-0.2, 0) is 6.18 Å². The lowest BCUT2D eigenvalue weighted by Crippen LogP contribution is -2.23. The molecule has 23 heavy (non-hydrogen) atoms. The van der Waals surface area contributed by atoms with Gasteiger partial charge in [-0.15, -0.1) is 0 Å². The van der Waals surface area contributed by atoms with Gasteiger partial charge in [-0.05, 0) is 36.0 Å². The second-order valence-corrected chi connectivity index (χ2v) is 6.76. The average molecular weight is 386 g/mol. The van der Waals surface area contributed by atoms with Gasteiger partial charge in [0.25, 0.3) is 5.91 Å². The standard InChI is InChI=1S/C15H11BrF3N3O/c16-9-5-11-21-12(14(20)23)13(15(17,18)19)22(11)10-4-6-1-2-7(9)8(10)3-6/h1-2,5-6,10H,3-4H2,(H2,20,23). The van der Waals surface area contributed by atoms with Crippen LogP contribution in [-0.4, -0.2) is 15.5 Å². The van der Waals surface area contributed by atoms with Crippen molar-refractivity contribution in [2.24, 2.45) is 11.7 Å². The van der Waals surface area contributed by atoms with Gasteiger partial charge in [-0.2, -0.15) is 13.2 Å². The first-order valence-corrected chi connectivity index (χ1v) is 7.84. The third kappa shape index (κ3) is 2.04. The summed E-state index contributed by atoms with van der Waals surface area (Å²) in [7, 11) is 0. The second-order valence-electron chi connectivity index (χ2n) is 5.91. The quantitative estimate of drug-likeness (QED) is 0.803. The Hall–Kier alpha value is -1.83. The number of imidazole rings is 1. The third-order valence-corrected chi connectivity index (χ3v) is 5.21. The first-order valence-electron chi connectivity index (χ1n) is 7.05. The van der Waals surface area contributed by atoms with Gasteiger partial charge >= 0.3 is 6.18 Å². The van der Waals surface area contributed by atoms with Crippen LogP contribution in [0.15, 0.2) is 27.8 Å². The smallest absolute Gasteiger partial charge is 0.364 e. The molecule has 1 aromatic rings. The molecule has 4 rings (SSSR count). The predicted octanol–water partition coefficient (Wildman–Crippen LogP) is 3.57. The Morgan fingerprint density at radius 2 is 2.17 bits per heavy atom. The molecule has 0 spiro atoms. The molecule has 3 aliphatic rings. The highest BCUT2D eigenvalue weighted by atomic mass is 79.9. The maximum Gasteiger partial charge on any atom is 0.433 e. The fourth-order valence-electron chi connectivity index (χ4n) is 3.70. The van der Waals surface area contributed by atoms with Gasteiger partial charge in [-0.3, -0.25) is 4.79 Å². The van der Waals surface area contributed by atoms with E-state index in [9.17, 15) is 18.0 Å². The molecule has 1 fully saturated rings. The summed E-state index contributed by atoms with van der Waals surface area (Å²) >= 11 is 3.42. The van der Waals surface area contributed by atoms with Gasteiger partial charge in [0.1, 0.15) is 5.82 Å². The zero-order valence-electron chi connectivity index (χ0n) is 11.7. The number of amides is 1. The maximum absolute atomic E-state index is 13.6. The molecule has 4 nitrogen and oxygen atoms in total. The summed E-state index contributed by atoms with van der Waals surface area (Å²) in [6.45, 7) is 0. The Bertz CT molecular complexity index is 832. The van der Waals surface area contributed by atoms with Gasteiger partial charge in [0.15, 0.2) is 11.4 Å². The van der Waals surface area contributed by atoms with Gasteiger partial charge in [0, 0.05) is 4.48 Å². The molecule has 2 bridgehead atoms. The molecule has 8 heteroatoms. The van der Waals surface area contributed by atoms with Crippen LogP contribution in [0.5, 0.6) is 0 Å². The van der Waals surface area contributed by atoms with Crippen molar-refractivity contribution in [2.45, 2.75) is 25.1 Å². The Morgan fingerprint density at radius 1 is 1.43 bits per heavy atom. The first kappa shape index (κ1) is 14.7. The van der Waals surface area contributed by atoms with Crippen LogP contribution in [0.3, 0.4) is 0 Å². The van der Waals surface area contributed by atoms with E-state index >= 15 is 0 Å². The van der Waals surface area contributed by atoms with Crippen LogP contribution < -0.4 is 5.73 Å². The normalized spacial score (nSPS) is 25.3. The van der Waals surface area contributed by atoms with E-state index in [1.165, 1.54) is 6.08 Å². The predicted molar refractivity (Wildman–Crippen MR) is 80.6 cm³/mol. The minimum atomic E-state index is -4.70. The zero-order valence-corrected chi connectivity index (χ0v) is 13.3. The van der Waals surface area contributed by atoms with E-state index in [1.54, 1.807) is 0 Å². The van der Waals surface area contributed by atoms with E-state index in [1.807, 2.05) is 12.2 Å². The lowest BCUT2D eigenvalue weighted by Gasteiger charge is -2.20. The Kier molecular flexibility index (Phi) is 2.94. The minimum Gasteiger partial charge on any atom is -0.364 e. The van der Waals surface area contributed by atoms with Crippen molar-refractivity contribution in [3.63, 3.8) is 0 Å². The monoisotopic (exact) mass is 385 g/mol. The lowest BCUT2D eigenvalue weighted by molar-refractivity contribution is -0.144. The molecule has 0 radical (unpaired) electrons. The Morgan fingerprint density at radius 3 is 2.83 bits per heavy atom. The number of alkyl halides is 3. The molecule has 2 heterocycles. The van der Waals surface area contributed by atoms with E-state index in [-0.39, 0.29) is 11.7 Å². The molecular weight excluding hydrogens is 375 g/mol. The second kappa shape index (κ2) is 4.59. The fraction of sp³-hybridized carbons (Fsp3) is 0.333. The third-order valence-electron chi connectivity index (χ3n) is 4.56. The molecule has 2 atom stereocenters. The highest BCUT2D eigenvalue weighted by Gasteiger charge is 2.46. The molecule has 2 unspecified atom stereocenters. The van der Waals surface area contributed by atoms with Crippen molar-refractivity contribution >= 4 is 27.9 Å². The van der Waals surface area contributed by atoms with E-state index in [0.717, 1.165) is 22.1 Å². The van der Waals surface area contributed by atoms with Crippen molar-refractivity contribution in [1.29, 1.82) is 0 Å². The Balaban J connectivity index is 2.04. The average Bonchev–Trinajstić information content (AvgIpc) is 2.95. The summed E-state index contributed by atoms with van der Waals surface area (Å²) in [5.74, 6) is -0.854. The van der Waals surface area contributed by atoms with Crippen LogP contribution >= 0.6 is 15.9 Å². The lowest BCUT2D eigenvalue weighted by atomic mass is 9.97. The zero-order chi connectivity index (χ0) is 16.5. The number of fused-ring (bicyclic) bond motifs is 3. The van der Waals surface area contributed by atoms with Gasteiger partial charge in [-0.25, -0.2) is 4.98 Å². The summed E-state index contributed by atoms with van der Waals surface area (Å²) in [6.07, 6.45) is 2.07. The first-order chi connectivity index (χ1) is 10.8. The molecule has 1 aromatic heterocycles. The number of nitrogens with two attached hydrogens (primary N) is 1. The molecule has 1 amide bonds. The van der Waals surface area contributed by atoms with Crippen molar-refractivity contribution in [3.05, 3.63) is 45.0 Å². The highest BCUT2D eigenvalue weighted by Crippen LogP contribution is 2.51. The summed E-state index contributed by atoms with van der Waals surface area (Å²) < 4.78 is 42.6. The maximum atomic E-state index is 13.6. The minimum absolute atomic E-state index is 0.103. The molecule has 0 aromatic carbocycles. The highest BCUT2D eigenvalue weighted by molar-refractivity contribution is 9.12. The largest absolute Gasteiger partial charge is 0.433 e. The van der Waals surface area contributed by atoms with Crippen molar-refractivity contribution in [2.75, 3.05) is 0 Å². The van der Waals surface area contributed by atoms with E-state index < -0.39 is 29.5 Å². The van der Waals surface area contributed by atoms with Crippen LogP contribution in [0, 0.1) is 5.92 Å². The number of allylic oxidation sites excluding steroid dienone is 5. The molecule has 2 N–H and O–H groups in total. The number of carbonyl (C=O) groups is 1. The van der Waals surface area contributed by atoms with E-state index in [4.69, 9.17) is 5.73 Å². The summed E-state index contributed by atoms with van der Waals surface area (Å²) in [6, 6.07) is -0.455. The van der Waals surface area contributed by atoms with E-state index in [0.29, 0.717) is 10.9 Å². The number of halogens is 4. The van der Waals surface area contributed by atoms with Crippen molar-refractivity contribution in [3.8, 4) is 0 Å². The topological polar surface area (TPSA) is 60.9 Å². The number of aromatic nitrogens is 2. The summed E-state index contributed by atoms with van der Waals surface area (Å²) in [5.41, 5.74) is 5.21. The Labute approximate surface area is 137 Å². The van der Waals surface area contributed by atoms with Gasteiger partial charge in [0.05, 0.1) is 6.04 Å². The van der Waals surface area contributed by atoms with Crippen LogP contribution in [0.1, 0.15) is 40.9 Å². The molecule has 1 saturated carbocycles. The number of carbonyl (C=O) groups excluding carboxylic acids is 1. The molecule has 120 valence electrons. The number of primary amides is 1.